The average Bonchev–Trinajstić information content (AvgIpc) is 2.61. The fourth-order valence-electron chi connectivity index (χ4n) is 3.15. The van der Waals surface area contributed by atoms with Gasteiger partial charge in [-0.2, -0.15) is 0 Å². The van der Waals surface area contributed by atoms with E-state index in [1.165, 1.54) is 34.8 Å². The lowest BCUT2D eigenvalue weighted by atomic mass is 9.91. The van der Waals surface area contributed by atoms with E-state index < -0.39 is 0 Å². The average molecular weight is 336 g/mol. The van der Waals surface area contributed by atoms with Gasteiger partial charge < -0.3 is 0 Å². The fraction of sp³-hybridized carbons (Fsp3) is 0.333. The first kappa shape index (κ1) is 17.0. The summed E-state index contributed by atoms with van der Waals surface area (Å²) in [5.41, 5.74) is 3.66. The first-order valence-electron chi connectivity index (χ1n) is 8.70. The number of hydrogen-bond donors (Lipinski definition) is 0. The molecule has 0 bridgehead atoms. The van der Waals surface area contributed by atoms with Crippen LogP contribution >= 0.6 is 9.24 Å². The highest BCUT2D eigenvalue weighted by Gasteiger charge is 2.23. The number of aryl methyl sites for hydroxylation is 1. The Kier molecular flexibility index (Phi) is 5.93. The van der Waals surface area contributed by atoms with Gasteiger partial charge in [0.2, 0.25) is 0 Å². The van der Waals surface area contributed by atoms with Gasteiger partial charge in [0.05, 0.1) is 12.1 Å². The summed E-state index contributed by atoms with van der Waals surface area (Å²) in [4.78, 5) is 9.76. The van der Waals surface area contributed by atoms with Crippen molar-refractivity contribution in [2.75, 3.05) is 0 Å². The molecule has 2 aromatic rings. The highest BCUT2D eigenvalue weighted by molar-refractivity contribution is 7.27. The van der Waals surface area contributed by atoms with Gasteiger partial charge in [-0.05, 0) is 41.8 Å². The van der Waals surface area contributed by atoms with Crippen molar-refractivity contribution in [1.82, 2.24) is 0 Å². The van der Waals surface area contributed by atoms with E-state index in [-0.39, 0.29) is 0 Å². The van der Waals surface area contributed by atoms with E-state index >= 15 is 0 Å². The maximum atomic E-state index is 4.89. The minimum Gasteiger partial charge on any atom is -0.287 e. The highest BCUT2D eigenvalue weighted by atomic mass is 31.0. The summed E-state index contributed by atoms with van der Waals surface area (Å²) in [6.07, 6.45) is 8.83. The molecule has 0 heterocycles. The van der Waals surface area contributed by atoms with Crippen LogP contribution in [0.4, 0.5) is 0 Å². The Morgan fingerprint density at radius 3 is 2.00 bits per heavy atom. The molecule has 0 radical (unpaired) electrons. The number of benzene rings is 2. The van der Waals surface area contributed by atoms with E-state index in [4.69, 9.17) is 9.98 Å². The molecule has 0 spiro atoms. The van der Waals surface area contributed by atoms with Crippen LogP contribution in [0.3, 0.4) is 0 Å². The second-order valence-corrected chi connectivity index (χ2v) is 7.08. The van der Waals surface area contributed by atoms with Gasteiger partial charge >= 0.3 is 0 Å². The quantitative estimate of drug-likeness (QED) is 0.586. The van der Waals surface area contributed by atoms with Crippen LogP contribution in [-0.4, -0.2) is 24.5 Å². The molecule has 0 aromatic heterocycles. The van der Waals surface area contributed by atoms with E-state index in [1.54, 1.807) is 0 Å². The van der Waals surface area contributed by atoms with Crippen molar-refractivity contribution in [3.8, 4) is 0 Å². The molecule has 0 amide bonds. The molecule has 0 aliphatic heterocycles. The zero-order valence-electron chi connectivity index (χ0n) is 14.2. The molecular weight excluding hydrogens is 311 g/mol. The van der Waals surface area contributed by atoms with Crippen LogP contribution in [0.2, 0.25) is 0 Å². The molecule has 2 aromatic carbocycles. The summed E-state index contributed by atoms with van der Waals surface area (Å²) in [5.74, 6) is 0. The normalized spacial score (nSPS) is 21.6. The predicted molar refractivity (Wildman–Crippen MR) is 108 cm³/mol. The monoisotopic (exact) mass is 336 g/mol. The lowest BCUT2D eigenvalue weighted by Crippen LogP contribution is -2.27. The van der Waals surface area contributed by atoms with Crippen LogP contribution in [0.15, 0.2) is 58.5 Å². The standard InChI is InChI=1S/C21H25N2P/c1-16-8-2-3-9-17(16)14-22-19-11-5-6-12-20(19)23-15-18-10-4-7-13-21(18)24/h2-4,7-10,13-15,19-20H,5-6,11-12,24H2,1H3. The van der Waals surface area contributed by atoms with Crippen molar-refractivity contribution < 1.29 is 0 Å². The Bertz CT molecular complexity index is 673. The van der Waals surface area contributed by atoms with Crippen LogP contribution in [-0.2, 0) is 0 Å². The molecule has 1 saturated carbocycles. The first-order chi connectivity index (χ1) is 11.7. The van der Waals surface area contributed by atoms with Gasteiger partial charge in [-0.3, -0.25) is 9.98 Å². The molecule has 1 aliphatic rings. The van der Waals surface area contributed by atoms with Crippen molar-refractivity contribution in [3.63, 3.8) is 0 Å². The Morgan fingerprint density at radius 2 is 1.38 bits per heavy atom. The summed E-state index contributed by atoms with van der Waals surface area (Å²) in [5, 5.41) is 1.19. The number of nitrogens with zero attached hydrogens (tertiary/aromatic N) is 2. The highest BCUT2D eigenvalue weighted by Crippen LogP contribution is 2.24. The third-order valence-electron chi connectivity index (χ3n) is 4.69. The van der Waals surface area contributed by atoms with Crippen molar-refractivity contribution in [2.24, 2.45) is 9.98 Å². The Hall–Kier alpha value is -1.79. The van der Waals surface area contributed by atoms with E-state index in [2.05, 4.69) is 64.7 Å². The first-order valence-corrected chi connectivity index (χ1v) is 9.28. The second-order valence-electron chi connectivity index (χ2n) is 6.46. The zero-order valence-corrected chi connectivity index (χ0v) is 15.4. The molecule has 3 atom stereocenters. The van der Waals surface area contributed by atoms with Crippen LogP contribution in [0, 0.1) is 6.92 Å². The van der Waals surface area contributed by atoms with Gasteiger partial charge in [0.15, 0.2) is 0 Å². The molecule has 2 nitrogen and oxygen atoms in total. The van der Waals surface area contributed by atoms with E-state index in [0.717, 1.165) is 12.8 Å². The fourth-order valence-corrected chi connectivity index (χ4v) is 3.43. The summed E-state index contributed by atoms with van der Waals surface area (Å²) >= 11 is 0. The van der Waals surface area contributed by atoms with Crippen LogP contribution in [0.5, 0.6) is 0 Å². The zero-order chi connectivity index (χ0) is 16.8. The molecule has 0 N–H and O–H groups in total. The SMILES string of the molecule is Cc1ccccc1C=NC1CCCCC1N=Cc1ccccc1P. The predicted octanol–water partition coefficient (Wildman–Crippen LogP) is 4.34. The summed E-state index contributed by atoms with van der Waals surface area (Å²) in [6, 6.07) is 17.3. The Labute approximate surface area is 147 Å². The number of rotatable bonds is 4. The topological polar surface area (TPSA) is 24.7 Å². The summed E-state index contributed by atoms with van der Waals surface area (Å²) in [6.45, 7) is 2.13. The van der Waals surface area contributed by atoms with E-state index in [9.17, 15) is 0 Å². The second kappa shape index (κ2) is 8.35. The molecule has 3 unspecified atom stereocenters. The Morgan fingerprint density at radius 1 is 0.833 bits per heavy atom. The third kappa shape index (κ3) is 4.39. The maximum absolute atomic E-state index is 4.89. The number of aliphatic imine (C=N–C) groups is 2. The summed E-state index contributed by atoms with van der Waals surface area (Å²) in [7, 11) is 2.78. The van der Waals surface area contributed by atoms with Crippen LogP contribution in [0.1, 0.15) is 42.4 Å². The van der Waals surface area contributed by atoms with Gasteiger partial charge in [-0.15, -0.1) is 9.24 Å². The van der Waals surface area contributed by atoms with Gasteiger partial charge in [0.25, 0.3) is 0 Å². The molecule has 24 heavy (non-hydrogen) atoms. The molecule has 0 saturated heterocycles. The molecule has 3 heteroatoms. The minimum absolute atomic E-state index is 0.295. The van der Waals surface area contributed by atoms with Gasteiger partial charge in [-0.1, -0.05) is 61.4 Å². The van der Waals surface area contributed by atoms with Gasteiger partial charge in [-0.25, -0.2) is 0 Å². The van der Waals surface area contributed by atoms with Crippen molar-refractivity contribution in [2.45, 2.75) is 44.7 Å². The summed E-state index contributed by atoms with van der Waals surface area (Å²) < 4.78 is 0. The van der Waals surface area contributed by atoms with Crippen molar-refractivity contribution in [1.29, 1.82) is 0 Å². The van der Waals surface area contributed by atoms with Crippen molar-refractivity contribution >= 4 is 27.0 Å². The van der Waals surface area contributed by atoms with Crippen molar-refractivity contribution in [3.05, 3.63) is 65.2 Å². The van der Waals surface area contributed by atoms with E-state index in [1.807, 2.05) is 12.4 Å². The number of hydrogen-bond acceptors (Lipinski definition) is 2. The minimum atomic E-state index is 0.295. The van der Waals surface area contributed by atoms with Gasteiger partial charge in [0, 0.05) is 12.4 Å². The molecule has 1 aliphatic carbocycles. The molecular formula is C21H25N2P. The van der Waals surface area contributed by atoms with Crippen LogP contribution < -0.4 is 5.30 Å². The largest absolute Gasteiger partial charge is 0.287 e. The lowest BCUT2D eigenvalue weighted by Gasteiger charge is -2.25. The van der Waals surface area contributed by atoms with E-state index in [0.29, 0.717) is 12.1 Å². The lowest BCUT2D eigenvalue weighted by molar-refractivity contribution is 0.390. The smallest absolute Gasteiger partial charge is 0.0723 e. The van der Waals surface area contributed by atoms with Crippen LogP contribution in [0.25, 0.3) is 0 Å². The molecule has 3 rings (SSSR count). The Balaban J connectivity index is 1.74. The maximum Gasteiger partial charge on any atom is 0.0723 e. The van der Waals surface area contributed by atoms with Gasteiger partial charge in [0.1, 0.15) is 0 Å². The molecule has 124 valence electrons. The third-order valence-corrected chi connectivity index (χ3v) is 5.21. The molecule has 1 fully saturated rings.